The third-order valence-electron chi connectivity index (χ3n) is 5.09. The van der Waals surface area contributed by atoms with E-state index in [1.54, 1.807) is 7.05 Å². The number of likely N-dealkylation sites (tertiary alicyclic amines) is 1. The van der Waals surface area contributed by atoms with E-state index in [0.29, 0.717) is 18.9 Å². The zero-order chi connectivity index (χ0) is 18.5. The number of hydrogen-bond donors (Lipinski definition) is 2. The van der Waals surface area contributed by atoms with Gasteiger partial charge in [-0.25, -0.2) is 8.42 Å². The van der Waals surface area contributed by atoms with Crippen LogP contribution in [0.5, 0.6) is 0 Å². The lowest BCUT2D eigenvalue weighted by atomic mass is 9.93. The summed E-state index contributed by atoms with van der Waals surface area (Å²) in [6.45, 7) is 5.16. The monoisotopic (exact) mass is 372 g/mol. The first-order valence-electron chi connectivity index (χ1n) is 9.18. The Labute approximate surface area is 151 Å². The lowest BCUT2D eigenvalue weighted by molar-refractivity contribution is -0.121. The van der Waals surface area contributed by atoms with Crippen molar-refractivity contribution in [1.29, 1.82) is 0 Å². The fraction of sp³-hybridized carbons (Fsp3) is 0.882. The molecule has 1 amide bonds. The molecule has 2 fully saturated rings. The van der Waals surface area contributed by atoms with Crippen molar-refractivity contribution in [3.63, 3.8) is 0 Å². The Bertz CT molecular complexity index is 591. The Morgan fingerprint density at radius 3 is 2.40 bits per heavy atom. The number of nitrogens with zero attached hydrogens (tertiary/aromatic N) is 2. The van der Waals surface area contributed by atoms with Crippen LogP contribution in [0.1, 0.15) is 39.0 Å². The predicted molar refractivity (Wildman–Crippen MR) is 100 cm³/mol. The number of amides is 1. The van der Waals surface area contributed by atoms with Gasteiger partial charge in [-0.2, -0.15) is 0 Å². The van der Waals surface area contributed by atoms with Crippen molar-refractivity contribution in [2.45, 2.75) is 39.0 Å². The van der Waals surface area contributed by atoms with Crippen LogP contribution in [0.4, 0.5) is 0 Å². The molecule has 0 spiro atoms. The molecular weight excluding hydrogens is 340 g/mol. The van der Waals surface area contributed by atoms with Gasteiger partial charge in [0.05, 0.1) is 5.75 Å². The molecule has 144 valence electrons. The summed E-state index contributed by atoms with van der Waals surface area (Å²) in [5.74, 6) is 1.65. The summed E-state index contributed by atoms with van der Waals surface area (Å²) in [5, 5.41) is 6.02. The fourth-order valence-corrected chi connectivity index (χ4v) is 4.95. The SMILES string of the molecule is CCNC(=NCC1(CS(C)(=O)=O)CC1)N1CCC(CC(=O)NC)CC1. The number of carbonyl (C=O) groups is 1. The fourth-order valence-electron chi connectivity index (χ4n) is 3.46. The highest BCUT2D eigenvalue weighted by Crippen LogP contribution is 2.47. The highest BCUT2D eigenvalue weighted by Gasteiger charge is 2.45. The van der Waals surface area contributed by atoms with Gasteiger partial charge in [-0.15, -0.1) is 0 Å². The van der Waals surface area contributed by atoms with E-state index in [0.717, 1.165) is 51.3 Å². The highest BCUT2D eigenvalue weighted by molar-refractivity contribution is 7.90. The molecule has 25 heavy (non-hydrogen) atoms. The Morgan fingerprint density at radius 2 is 1.92 bits per heavy atom. The van der Waals surface area contributed by atoms with Gasteiger partial charge in [-0.05, 0) is 38.5 Å². The minimum absolute atomic E-state index is 0.107. The topological polar surface area (TPSA) is 90.9 Å². The van der Waals surface area contributed by atoms with E-state index >= 15 is 0 Å². The second kappa shape index (κ2) is 8.38. The average Bonchev–Trinajstić information content (AvgIpc) is 3.30. The third-order valence-corrected chi connectivity index (χ3v) is 6.23. The van der Waals surface area contributed by atoms with Crippen LogP contribution in [0, 0.1) is 11.3 Å². The van der Waals surface area contributed by atoms with Crippen LogP contribution >= 0.6 is 0 Å². The summed E-state index contributed by atoms with van der Waals surface area (Å²) in [5.41, 5.74) is -0.147. The summed E-state index contributed by atoms with van der Waals surface area (Å²) < 4.78 is 23.2. The maximum absolute atomic E-state index is 11.6. The highest BCUT2D eigenvalue weighted by atomic mass is 32.2. The van der Waals surface area contributed by atoms with Crippen molar-refractivity contribution in [1.82, 2.24) is 15.5 Å². The van der Waals surface area contributed by atoms with Crippen LogP contribution in [0.15, 0.2) is 4.99 Å². The number of piperidine rings is 1. The first kappa shape index (κ1) is 20.0. The van der Waals surface area contributed by atoms with Crippen LogP contribution in [0.3, 0.4) is 0 Å². The molecule has 0 atom stereocenters. The summed E-state index contributed by atoms with van der Waals surface area (Å²) >= 11 is 0. The molecule has 1 heterocycles. The molecule has 0 aromatic heterocycles. The van der Waals surface area contributed by atoms with Crippen LogP contribution in [0.25, 0.3) is 0 Å². The molecule has 2 N–H and O–H groups in total. The maximum atomic E-state index is 11.6. The van der Waals surface area contributed by atoms with Crippen LogP contribution in [0.2, 0.25) is 0 Å². The van der Waals surface area contributed by atoms with Crippen molar-refractivity contribution in [3.8, 4) is 0 Å². The van der Waals surface area contributed by atoms with Gasteiger partial charge in [0.15, 0.2) is 5.96 Å². The van der Waals surface area contributed by atoms with Crippen molar-refractivity contribution >= 4 is 21.7 Å². The van der Waals surface area contributed by atoms with Crippen LogP contribution in [-0.2, 0) is 14.6 Å². The summed E-state index contributed by atoms with van der Waals surface area (Å²) in [6.07, 6.45) is 5.74. The predicted octanol–water partition coefficient (Wildman–Crippen LogP) is 0.625. The Balaban J connectivity index is 1.91. The number of hydrogen-bond acceptors (Lipinski definition) is 4. The van der Waals surface area contributed by atoms with Gasteiger partial charge >= 0.3 is 0 Å². The molecule has 0 bridgehead atoms. The zero-order valence-corrected chi connectivity index (χ0v) is 16.5. The largest absolute Gasteiger partial charge is 0.359 e. The lowest BCUT2D eigenvalue weighted by Crippen LogP contribution is -2.46. The maximum Gasteiger partial charge on any atom is 0.220 e. The molecule has 0 radical (unpaired) electrons. The van der Waals surface area contributed by atoms with Crippen molar-refractivity contribution in [2.75, 3.05) is 45.2 Å². The smallest absolute Gasteiger partial charge is 0.220 e. The lowest BCUT2D eigenvalue weighted by Gasteiger charge is -2.34. The van der Waals surface area contributed by atoms with Crippen molar-refractivity contribution in [3.05, 3.63) is 0 Å². The summed E-state index contributed by atoms with van der Waals surface area (Å²) in [7, 11) is -1.29. The van der Waals surface area contributed by atoms with Gasteiger partial charge in [-0.1, -0.05) is 0 Å². The van der Waals surface area contributed by atoms with E-state index in [9.17, 15) is 13.2 Å². The Kier molecular flexibility index (Phi) is 6.71. The molecule has 1 saturated heterocycles. The zero-order valence-electron chi connectivity index (χ0n) is 15.7. The Morgan fingerprint density at radius 1 is 1.28 bits per heavy atom. The molecule has 1 aliphatic carbocycles. The summed E-state index contributed by atoms with van der Waals surface area (Å²) in [4.78, 5) is 18.5. The molecule has 1 aliphatic heterocycles. The van der Waals surface area contributed by atoms with E-state index in [1.165, 1.54) is 6.26 Å². The minimum atomic E-state index is -2.97. The molecule has 1 saturated carbocycles. The number of aliphatic imine (C=N–C) groups is 1. The Hall–Kier alpha value is -1.31. The standard InChI is InChI=1S/C17H32N4O3S/c1-4-19-16(20-12-17(7-8-17)13-25(3,23)24)21-9-5-14(6-10-21)11-15(22)18-2/h14H,4-13H2,1-3H3,(H,18,22)(H,19,20). The molecule has 0 aromatic rings. The third kappa shape index (κ3) is 6.49. The summed E-state index contributed by atoms with van der Waals surface area (Å²) in [6, 6.07) is 0. The van der Waals surface area contributed by atoms with Crippen molar-refractivity contribution in [2.24, 2.45) is 16.3 Å². The van der Waals surface area contributed by atoms with E-state index in [1.807, 2.05) is 6.92 Å². The number of rotatable bonds is 7. The van der Waals surface area contributed by atoms with Gasteiger partial charge in [0, 0.05) is 51.3 Å². The second-order valence-electron chi connectivity index (χ2n) is 7.55. The normalized spacial score (nSPS) is 21.1. The van der Waals surface area contributed by atoms with E-state index in [-0.39, 0.29) is 17.1 Å². The van der Waals surface area contributed by atoms with Gasteiger partial charge in [0.25, 0.3) is 0 Å². The van der Waals surface area contributed by atoms with Crippen LogP contribution in [-0.4, -0.2) is 70.4 Å². The van der Waals surface area contributed by atoms with Crippen LogP contribution < -0.4 is 10.6 Å². The second-order valence-corrected chi connectivity index (χ2v) is 9.69. The number of guanidine groups is 1. The quantitative estimate of drug-likeness (QED) is 0.505. The van der Waals surface area contributed by atoms with Gasteiger partial charge in [0.2, 0.25) is 5.91 Å². The molecule has 0 aromatic carbocycles. The minimum Gasteiger partial charge on any atom is -0.359 e. The molecular formula is C17H32N4O3S. The van der Waals surface area contributed by atoms with E-state index in [4.69, 9.17) is 4.99 Å². The molecule has 2 rings (SSSR count). The van der Waals surface area contributed by atoms with Gasteiger partial charge < -0.3 is 15.5 Å². The first-order chi connectivity index (χ1) is 11.8. The molecule has 0 unspecified atom stereocenters. The first-order valence-corrected chi connectivity index (χ1v) is 11.2. The molecule has 2 aliphatic rings. The number of nitrogens with one attached hydrogen (secondary N) is 2. The van der Waals surface area contributed by atoms with Crippen molar-refractivity contribution < 1.29 is 13.2 Å². The molecule has 7 nitrogen and oxygen atoms in total. The van der Waals surface area contributed by atoms with E-state index in [2.05, 4.69) is 15.5 Å². The number of sulfone groups is 1. The van der Waals surface area contributed by atoms with Gasteiger partial charge in [0.1, 0.15) is 9.84 Å². The van der Waals surface area contributed by atoms with Gasteiger partial charge in [-0.3, -0.25) is 9.79 Å². The average molecular weight is 373 g/mol. The van der Waals surface area contributed by atoms with E-state index < -0.39 is 9.84 Å². The molecule has 8 heteroatoms. The number of carbonyl (C=O) groups excluding carboxylic acids is 1.